The van der Waals surface area contributed by atoms with E-state index in [1.807, 2.05) is 0 Å². The second-order valence-electron chi connectivity index (χ2n) is 18.8. The molecule has 0 saturated heterocycles. The number of carbonyl (C=O) groups excluding carboxylic acids is 2. The highest BCUT2D eigenvalue weighted by atomic mass is 16.3. The first kappa shape index (κ1) is 63.1. The van der Waals surface area contributed by atoms with Crippen LogP contribution < -0.4 is 0 Å². The van der Waals surface area contributed by atoms with Crippen molar-refractivity contribution in [3.63, 3.8) is 0 Å². The van der Waals surface area contributed by atoms with Crippen LogP contribution in [0.5, 0.6) is 0 Å². The summed E-state index contributed by atoms with van der Waals surface area (Å²) in [7, 11) is 2.13. The Morgan fingerprint density at radius 3 is 1.17 bits per heavy atom. The van der Waals surface area contributed by atoms with Gasteiger partial charge >= 0.3 is 0 Å². The number of aliphatic hydroxyl groups excluding tert-OH is 1. The summed E-state index contributed by atoms with van der Waals surface area (Å²) in [5.74, 6) is 2.34. The van der Waals surface area contributed by atoms with Crippen LogP contribution in [0.1, 0.15) is 281 Å². The molecule has 0 saturated carbocycles. The second kappa shape index (κ2) is 52.1. The van der Waals surface area contributed by atoms with E-state index in [0.717, 1.165) is 83.0 Å². The van der Waals surface area contributed by atoms with Crippen molar-refractivity contribution in [3.05, 3.63) is 12.3 Å². The third kappa shape index (κ3) is 52.9. The summed E-state index contributed by atoms with van der Waals surface area (Å²) >= 11 is 0. The number of Topliss-reactive ketones (excluding diaryl/α,β-unsaturated/α-hetero) is 2. The van der Waals surface area contributed by atoms with Crippen LogP contribution in [0, 0.1) is 11.8 Å². The summed E-state index contributed by atoms with van der Waals surface area (Å²) in [6, 6.07) is 0. The lowest BCUT2D eigenvalue weighted by molar-refractivity contribution is -0.118. The topological polar surface area (TPSA) is 60.9 Å². The number of hydrogen-bond acceptors (Lipinski definition) is 5. The zero-order valence-corrected chi connectivity index (χ0v) is 42.9. The molecule has 1 N–H and O–H groups in total. The lowest BCUT2D eigenvalue weighted by atomic mass is 9.90. The van der Waals surface area contributed by atoms with Crippen molar-refractivity contribution in [2.45, 2.75) is 287 Å². The van der Waals surface area contributed by atoms with Gasteiger partial charge in [0.1, 0.15) is 11.6 Å². The molecule has 0 aliphatic carbocycles. The van der Waals surface area contributed by atoms with Crippen LogP contribution in [0.4, 0.5) is 0 Å². The summed E-state index contributed by atoms with van der Waals surface area (Å²) in [4.78, 5) is 26.9. The molecule has 5 nitrogen and oxygen atoms in total. The van der Waals surface area contributed by atoms with Gasteiger partial charge in [-0.2, -0.15) is 0 Å². The first-order chi connectivity index (χ1) is 29.0. The summed E-state index contributed by atoms with van der Waals surface area (Å²) < 4.78 is 0. The molecule has 0 spiro atoms. The van der Waals surface area contributed by atoms with Crippen molar-refractivity contribution < 1.29 is 14.7 Å². The summed E-state index contributed by atoms with van der Waals surface area (Å²) in [6.45, 7) is 23.2. The van der Waals surface area contributed by atoms with Crippen LogP contribution in [-0.4, -0.2) is 65.8 Å². The fourth-order valence-electron chi connectivity index (χ4n) is 8.25. The normalized spacial score (nSPS) is 12.8. The Morgan fingerprint density at radius 2 is 0.783 bits per heavy atom. The molecule has 0 aliphatic rings. The largest absolute Gasteiger partial charge is 0.392 e. The minimum atomic E-state index is -0.152. The van der Waals surface area contributed by atoms with Gasteiger partial charge in [0.15, 0.2) is 0 Å². The van der Waals surface area contributed by atoms with Gasteiger partial charge in [0, 0.05) is 33.0 Å². The number of unbranched alkanes of at least 4 members (excludes halogenated alkanes) is 18. The third-order valence-electron chi connectivity index (χ3n) is 12.2. The van der Waals surface area contributed by atoms with Gasteiger partial charge in [-0.15, -0.1) is 0 Å². The van der Waals surface area contributed by atoms with Crippen molar-refractivity contribution in [1.82, 2.24) is 9.80 Å². The molecule has 0 aromatic rings. The van der Waals surface area contributed by atoms with Crippen molar-refractivity contribution >= 4 is 11.6 Å². The molecular weight excluding hydrogens is 737 g/mol. The van der Waals surface area contributed by atoms with E-state index in [1.165, 1.54) is 173 Å². The van der Waals surface area contributed by atoms with E-state index >= 15 is 0 Å². The Kier molecular flexibility index (Phi) is 54.8. The first-order valence-corrected chi connectivity index (χ1v) is 26.8. The molecular formula is C55H112N2O3. The molecule has 3 unspecified atom stereocenters. The van der Waals surface area contributed by atoms with E-state index in [9.17, 15) is 14.7 Å². The monoisotopic (exact) mass is 849 g/mol. The molecule has 0 amide bonds. The quantitative estimate of drug-likeness (QED) is 0.0620. The Hall–Kier alpha value is -1.20. The predicted molar refractivity (Wildman–Crippen MR) is 269 cm³/mol. The molecule has 0 bridgehead atoms. The maximum Gasteiger partial charge on any atom is 0.129 e. The van der Waals surface area contributed by atoms with Crippen LogP contribution in [0.25, 0.3) is 0 Å². The fourth-order valence-corrected chi connectivity index (χ4v) is 8.25. The predicted octanol–water partition coefficient (Wildman–Crippen LogP) is 16.9. The Bertz CT molecular complexity index is 834. The SMILES string of the molecule is C/C=C\N(C)CCCN(CCCCCCC)CC(O)CCCCC.CCCCCCCC(CCCCC)CCC(C)=O.CCCCCCCC(CCCCC)CCC(C)=O. The minimum absolute atomic E-state index is 0.152. The van der Waals surface area contributed by atoms with Crippen LogP contribution >= 0.6 is 0 Å². The molecule has 0 aliphatic heterocycles. The molecule has 0 rings (SSSR count). The maximum absolute atomic E-state index is 11.1. The lowest BCUT2D eigenvalue weighted by Gasteiger charge is -2.26. The zero-order valence-electron chi connectivity index (χ0n) is 42.9. The highest BCUT2D eigenvalue weighted by molar-refractivity contribution is 5.75. The van der Waals surface area contributed by atoms with Crippen LogP contribution in [0.15, 0.2) is 12.3 Å². The maximum atomic E-state index is 11.1. The van der Waals surface area contributed by atoms with Gasteiger partial charge in [0.2, 0.25) is 0 Å². The molecule has 60 heavy (non-hydrogen) atoms. The van der Waals surface area contributed by atoms with Gasteiger partial charge in [-0.05, 0) is 84.0 Å². The van der Waals surface area contributed by atoms with Crippen LogP contribution in [0.2, 0.25) is 0 Å². The molecule has 5 heteroatoms. The molecule has 0 aromatic heterocycles. The van der Waals surface area contributed by atoms with Crippen LogP contribution in [0.3, 0.4) is 0 Å². The molecule has 0 aromatic carbocycles. The number of ketones is 2. The van der Waals surface area contributed by atoms with Crippen LogP contribution in [-0.2, 0) is 9.59 Å². The van der Waals surface area contributed by atoms with E-state index in [1.54, 1.807) is 13.8 Å². The van der Waals surface area contributed by atoms with E-state index in [-0.39, 0.29) is 6.10 Å². The number of rotatable bonds is 43. The average Bonchev–Trinajstić information content (AvgIpc) is 3.21. The highest BCUT2D eigenvalue weighted by Gasteiger charge is 2.13. The number of carbonyl (C=O) groups is 2. The summed E-state index contributed by atoms with van der Waals surface area (Å²) in [6.07, 6.45) is 47.4. The second-order valence-corrected chi connectivity index (χ2v) is 18.8. The van der Waals surface area contributed by atoms with Gasteiger partial charge in [0.05, 0.1) is 6.10 Å². The fraction of sp³-hybridized carbons (Fsp3) is 0.927. The highest BCUT2D eigenvalue weighted by Crippen LogP contribution is 2.24. The number of aliphatic hydroxyl groups is 1. The Labute approximate surface area is 378 Å². The summed E-state index contributed by atoms with van der Waals surface area (Å²) in [5, 5.41) is 10.3. The molecule has 0 radical (unpaired) electrons. The minimum Gasteiger partial charge on any atom is -0.392 e. The van der Waals surface area contributed by atoms with Crippen molar-refractivity contribution in [3.8, 4) is 0 Å². The zero-order chi connectivity index (χ0) is 45.3. The van der Waals surface area contributed by atoms with Crippen molar-refractivity contribution in [2.24, 2.45) is 11.8 Å². The van der Waals surface area contributed by atoms with E-state index < -0.39 is 0 Å². The number of allylic oxidation sites excluding steroid dienone is 1. The molecule has 0 heterocycles. The molecule has 360 valence electrons. The van der Waals surface area contributed by atoms with E-state index in [0.29, 0.717) is 11.6 Å². The average molecular weight is 850 g/mol. The lowest BCUT2D eigenvalue weighted by Crippen LogP contribution is -2.35. The van der Waals surface area contributed by atoms with Gasteiger partial charge in [-0.25, -0.2) is 0 Å². The van der Waals surface area contributed by atoms with Crippen molar-refractivity contribution in [2.75, 3.05) is 33.2 Å². The smallest absolute Gasteiger partial charge is 0.129 e. The standard InChI is InChI=1S/C21H44N2O.2C17H34O/c1-5-8-10-11-13-18-23(19-14-17-22(4)16-7-3)20-21(24)15-12-9-6-2;2*1-4-6-8-9-11-13-17(12-10-7-5-2)15-14-16(3)18/h7,16,21,24H,5-6,8-15,17-20H2,1-4H3;2*17H,4-15H2,1-3H3/b16-7-;;. The number of nitrogens with zero attached hydrogens (tertiary/aromatic N) is 2. The van der Waals surface area contributed by atoms with Crippen molar-refractivity contribution in [1.29, 1.82) is 0 Å². The van der Waals surface area contributed by atoms with Gasteiger partial charge in [-0.3, -0.25) is 0 Å². The molecule has 0 fully saturated rings. The summed E-state index contributed by atoms with van der Waals surface area (Å²) in [5.41, 5.74) is 0. The van der Waals surface area contributed by atoms with Gasteiger partial charge in [0.25, 0.3) is 0 Å². The van der Waals surface area contributed by atoms with Gasteiger partial charge < -0.3 is 24.5 Å². The van der Waals surface area contributed by atoms with Gasteiger partial charge in [-0.1, -0.05) is 221 Å². The number of hydrogen-bond donors (Lipinski definition) is 1. The van der Waals surface area contributed by atoms with E-state index in [2.05, 4.69) is 77.6 Å². The third-order valence-corrected chi connectivity index (χ3v) is 12.2. The van der Waals surface area contributed by atoms with E-state index in [4.69, 9.17) is 0 Å². The first-order valence-electron chi connectivity index (χ1n) is 26.8. The molecule has 3 atom stereocenters. The Morgan fingerprint density at radius 1 is 0.450 bits per heavy atom. The Balaban J connectivity index is -0.000000826.